The van der Waals surface area contributed by atoms with E-state index in [0.29, 0.717) is 36.2 Å². The van der Waals surface area contributed by atoms with E-state index in [4.69, 9.17) is 0 Å². The standard InChI is InChI=1S/C29H29N3O3/c1-2-31-19-11-16-23(20-21-12-5-3-6-13-21)29(31,30-26(33)22-14-7-4-8-15-22)32-27(34)24-17-9-10-18-25(24)28(32)35/h3-10,12-15,17-18,23H,2,11,16,19-20H2,1H3,(H,30,33). The van der Waals surface area contributed by atoms with E-state index in [2.05, 4.69) is 22.3 Å². The Bertz CT molecular complexity index is 1210. The summed E-state index contributed by atoms with van der Waals surface area (Å²) in [6.07, 6.45) is 2.31. The fourth-order valence-electron chi connectivity index (χ4n) is 5.59. The predicted molar refractivity (Wildman–Crippen MR) is 134 cm³/mol. The van der Waals surface area contributed by atoms with Crippen molar-refractivity contribution < 1.29 is 14.4 Å². The minimum Gasteiger partial charge on any atom is -0.316 e. The van der Waals surface area contributed by atoms with E-state index in [0.717, 1.165) is 18.4 Å². The molecule has 6 heteroatoms. The second-order valence-corrected chi connectivity index (χ2v) is 9.15. The van der Waals surface area contributed by atoms with Crippen LogP contribution < -0.4 is 5.32 Å². The van der Waals surface area contributed by atoms with Crippen molar-refractivity contribution in [2.24, 2.45) is 5.92 Å². The first-order valence-corrected chi connectivity index (χ1v) is 12.2. The van der Waals surface area contributed by atoms with Crippen LogP contribution >= 0.6 is 0 Å². The molecule has 1 saturated heterocycles. The van der Waals surface area contributed by atoms with E-state index in [-0.39, 0.29) is 23.6 Å². The summed E-state index contributed by atoms with van der Waals surface area (Å²) in [6.45, 7) is 3.25. The highest BCUT2D eigenvalue weighted by Gasteiger charge is 2.58. The Morgan fingerprint density at radius 2 is 1.46 bits per heavy atom. The number of nitrogens with zero attached hydrogens (tertiary/aromatic N) is 2. The van der Waals surface area contributed by atoms with Crippen LogP contribution in [-0.4, -0.2) is 46.4 Å². The number of carbonyl (C=O) groups is 3. The van der Waals surface area contributed by atoms with Crippen LogP contribution in [0.25, 0.3) is 0 Å². The SMILES string of the molecule is CCN1CCCC(Cc2ccccc2)C1(NC(=O)c1ccccc1)N1C(=O)c2ccccc2C1=O. The molecule has 178 valence electrons. The average Bonchev–Trinajstić information content (AvgIpc) is 3.16. The van der Waals surface area contributed by atoms with E-state index in [1.54, 1.807) is 36.4 Å². The maximum atomic E-state index is 13.8. The number of fused-ring (bicyclic) bond motifs is 1. The number of imide groups is 1. The third-order valence-electron chi connectivity index (χ3n) is 7.21. The quantitative estimate of drug-likeness (QED) is 0.548. The van der Waals surface area contributed by atoms with Gasteiger partial charge in [0.25, 0.3) is 17.7 Å². The molecule has 0 saturated carbocycles. The third kappa shape index (κ3) is 3.94. The number of piperidine rings is 1. The van der Waals surface area contributed by atoms with Crippen LogP contribution in [0, 0.1) is 5.92 Å². The van der Waals surface area contributed by atoms with Gasteiger partial charge in [-0.25, -0.2) is 4.90 Å². The first-order chi connectivity index (χ1) is 17.1. The molecule has 3 aromatic rings. The van der Waals surface area contributed by atoms with Gasteiger partial charge >= 0.3 is 0 Å². The van der Waals surface area contributed by atoms with E-state index >= 15 is 0 Å². The Morgan fingerprint density at radius 1 is 0.886 bits per heavy atom. The normalized spacial score (nSPS) is 22.2. The maximum Gasteiger partial charge on any atom is 0.264 e. The van der Waals surface area contributed by atoms with Gasteiger partial charge in [-0.05, 0) is 55.6 Å². The highest BCUT2D eigenvalue weighted by molar-refractivity contribution is 6.22. The largest absolute Gasteiger partial charge is 0.316 e. The lowest BCUT2D eigenvalue weighted by molar-refractivity contribution is -0.102. The van der Waals surface area contributed by atoms with Crippen molar-refractivity contribution in [3.8, 4) is 0 Å². The van der Waals surface area contributed by atoms with Crippen LogP contribution in [0.4, 0.5) is 0 Å². The number of likely N-dealkylation sites (tertiary alicyclic amines) is 1. The summed E-state index contributed by atoms with van der Waals surface area (Å²) in [5, 5.41) is 3.23. The monoisotopic (exact) mass is 467 g/mol. The van der Waals surface area contributed by atoms with Crippen LogP contribution in [0.2, 0.25) is 0 Å². The molecule has 2 atom stereocenters. The van der Waals surface area contributed by atoms with Gasteiger partial charge in [-0.3, -0.25) is 19.3 Å². The molecule has 2 heterocycles. The number of nitrogens with one attached hydrogen (secondary N) is 1. The molecule has 1 N–H and O–H groups in total. The highest BCUT2D eigenvalue weighted by Crippen LogP contribution is 2.41. The topological polar surface area (TPSA) is 69.7 Å². The molecule has 0 aromatic heterocycles. The fraction of sp³-hybridized carbons (Fsp3) is 0.276. The molecule has 5 rings (SSSR count). The van der Waals surface area contributed by atoms with Crippen molar-refractivity contribution in [3.05, 3.63) is 107 Å². The minimum absolute atomic E-state index is 0.187. The van der Waals surface area contributed by atoms with Crippen molar-refractivity contribution in [1.82, 2.24) is 15.1 Å². The van der Waals surface area contributed by atoms with Gasteiger partial charge in [-0.15, -0.1) is 0 Å². The zero-order chi connectivity index (χ0) is 24.4. The highest BCUT2D eigenvalue weighted by atomic mass is 16.2. The van der Waals surface area contributed by atoms with Crippen molar-refractivity contribution in [2.75, 3.05) is 13.1 Å². The number of amides is 3. The molecule has 1 fully saturated rings. The molecule has 0 aliphatic carbocycles. The second-order valence-electron chi connectivity index (χ2n) is 9.15. The number of benzene rings is 3. The molecule has 35 heavy (non-hydrogen) atoms. The molecule has 2 unspecified atom stereocenters. The lowest BCUT2D eigenvalue weighted by atomic mass is 9.82. The Balaban J connectivity index is 1.66. The maximum absolute atomic E-state index is 13.8. The Morgan fingerprint density at radius 3 is 2.06 bits per heavy atom. The zero-order valence-corrected chi connectivity index (χ0v) is 19.8. The van der Waals surface area contributed by atoms with Crippen molar-refractivity contribution in [1.29, 1.82) is 0 Å². The average molecular weight is 468 g/mol. The van der Waals surface area contributed by atoms with Crippen LogP contribution in [0.1, 0.15) is 56.4 Å². The number of hydrogen-bond donors (Lipinski definition) is 1. The molecule has 2 aliphatic heterocycles. The smallest absolute Gasteiger partial charge is 0.264 e. The molecule has 3 aromatic carbocycles. The van der Waals surface area contributed by atoms with Gasteiger partial charge in [0, 0.05) is 18.0 Å². The third-order valence-corrected chi connectivity index (χ3v) is 7.21. The second kappa shape index (κ2) is 9.47. The Labute approximate surface area is 205 Å². The minimum atomic E-state index is -1.29. The molecule has 0 radical (unpaired) electrons. The molecular weight excluding hydrogens is 438 g/mol. The predicted octanol–water partition coefficient (Wildman–Crippen LogP) is 4.34. The van der Waals surface area contributed by atoms with Gasteiger partial charge < -0.3 is 5.32 Å². The Hall–Kier alpha value is -3.77. The van der Waals surface area contributed by atoms with Gasteiger partial charge in [0.05, 0.1) is 11.1 Å². The molecule has 3 amide bonds. The summed E-state index contributed by atoms with van der Waals surface area (Å²) in [5.41, 5.74) is 2.35. The molecule has 0 spiro atoms. The first kappa shape index (κ1) is 23.0. The molecule has 2 aliphatic rings. The van der Waals surface area contributed by atoms with Gasteiger partial charge in [-0.1, -0.05) is 67.6 Å². The van der Waals surface area contributed by atoms with Crippen LogP contribution in [-0.2, 0) is 6.42 Å². The van der Waals surface area contributed by atoms with Crippen molar-refractivity contribution >= 4 is 17.7 Å². The van der Waals surface area contributed by atoms with Gasteiger partial charge in [0.2, 0.25) is 0 Å². The van der Waals surface area contributed by atoms with E-state index < -0.39 is 5.79 Å². The Kier molecular flexibility index (Phi) is 6.22. The zero-order valence-electron chi connectivity index (χ0n) is 19.8. The van der Waals surface area contributed by atoms with E-state index in [1.807, 2.05) is 43.3 Å². The summed E-state index contributed by atoms with van der Waals surface area (Å²) in [7, 11) is 0. The summed E-state index contributed by atoms with van der Waals surface area (Å²) >= 11 is 0. The molecule has 6 nitrogen and oxygen atoms in total. The van der Waals surface area contributed by atoms with Crippen LogP contribution in [0.15, 0.2) is 84.9 Å². The summed E-state index contributed by atoms with van der Waals surface area (Å²) in [5.74, 6) is -2.51. The van der Waals surface area contributed by atoms with Gasteiger partial charge in [0.15, 0.2) is 5.79 Å². The number of hydrogen-bond acceptors (Lipinski definition) is 4. The van der Waals surface area contributed by atoms with Crippen molar-refractivity contribution in [3.63, 3.8) is 0 Å². The summed E-state index contributed by atoms with van der Waals surface area (Å²) in [6, 6.07) is 25.9. The van der Waals surface area contributed by atoms with Crippen molar-refractivity contribution in [2.45, 2.75) is 32.0 Å². The molecule has 0 bridgehead atoms. The van der Waals surface area contributed by atoms with E-state index in [9.17, 15) is 14.4 Å². The van der Waals surface area contributed by atoms with E-state index in [1.165, 1.54) is 4.90 Å². The van der Waals surface area contributed by atoms with Crippen LogP contribution in [0.3, 0.4) is 0 Å². The number of rotatable bonds is 6. The van der Waals surface area contributed by atoms with Gasteiger partial charge in [-0.2, -0.15) is 0 Å². The summed E-state index contributed by atoms with van der Waals surface area (Å²) in [4.78, 5) is 44.7. The lowest BCUT2D eigenvalue weighted by Crippen LogP contribution is -2.76. The fourth-order valence-corrected chi connectivity index (χ4v) is 5.59. The number of carbonyl (C=O) groups excluding carboxylic acids is 3. The van der Waals surface area contributed by atoms with Crippen LogP contribution in [0.5, 0.6) is 0 Å². The van der Waals surface area contributed by atoms with Gasteiger partial charge in [0.1, 0.15) is 0 Å². The summed E-state index contributed by atoms with van der Waals surface area (Å²) < 4.78 is 0. The molecular formula is C29H29N3O3. The lowest BCUT2D eigenvalue weighted by Gasteiger charge is -2.55. The first-order valence-electron chi connectivity index (χ1n) is 12.2.